The quantitative estimate of drug-likeness (QED) is 0.588. The van der Waals surface area contributed by atoms with Crippen LogP contribution in [0.1, 0.15) is 25.3 Å². The molecule has 0 bridgehead atoms. The summed E-state index contributed by atoms with van der Waals surface area (Å²) in [5, 5.41) is 4.77. The molecule has 0 unspecified atom stereocenters. The monoisotopic (exact) mass is 361 g/mol. The Kier molecular flexibility index (Phi) is 6.70. The highest BCUT2D eigenvalue weighted by atomic mass is 32.1. The Morgan fingerprint density at radius 2 is 1.84 bits per heavy atom. The van der Waals surface area contributed by atoms with Crippen molar-refractivity contribution in [3.63, 3.8) is 0 Å². The summed E-state index contributed by atoms with van der Waals surface area (Å²) in [6.07, 6.45) is 0. The predicted octanol–water partition coefficient (Wildman–Crippen LogP) is 2.93. The number of thiol groups is 1. The molecule has 0 aromatic heterocycles. The van der Waals surface area contributed by atoms with Gasteiger partial charge in [-0.3, -0.25) is 4.79 Å². The maximum Gasteiger partial charge on any atom is 0.329 e. The number of methoxy groups -OCH3 is 1. The first kappa shape index (κ1) is 19.1. The Bertz CT molecular complexity index is 762. The SMILES string of the molecule is CCOC(=O)[C@H](CS)NC(=O)[C@@H](C)c1ccc2cc(OC)ccc2c1. The summed E-state index contributed by atoms with van der Waals surface area (Å²) in [4.78, 5) is 24.3. The van der Waals surface area contributed by atoms with Gasteiger partial charge in [-0.25, -0.2) is 4.79 Å². The van der Waals surface area contributed by atoms with Crippen molar-refractivity contribution in [1.82, 2.24) is 5.32 Å². The maximum atomic E-state index is 12.5. The summed E-state index contributed by atoms with van der Waals surface area (Å²) in [5.41, 5.74) is 0.872. The fourth-order valence-corrected chi connectivity index (χ4v) is 2.75. The summed E-state index contributed by atoms with van der Waals surface area (Å²) in [7, 11) is 1.63. The van der Waals surface area contributed by atoms with Gasteiger partial charge in [-0.2, -0.15) is 12.6 Å². The van der Waals surface area contributed by atoms with Crippen LogP contribution in [0.15, 0.2) is 36.4 Å². The molecule has 5 nitrogen and oxygen atoms in total. The molecular formula is C19H23NO4S. The molecule has 0 aliphatic heterocycles. The van der Waals surface area contributed by atoms with Crippen LogP contribution in [-0.4, -0.2) is 37.4 Å². The molecule has 0 aliphatic rings. The van der Waals surface area contributed by atoms with E-state index in [0.717, 1.165) is 22.1 Å². The van der Waals surface area contributed by atoms with E-state index < -0.39 is 17.9 Å². The topological polar surface area (TPSA) is 64.6 Å². The molecule has 0 saturated heterocycles. The Morgan fingerprint density at radius 3 is 2.48 bits per heavy atom. The van der Waals surface area contributed by atoms with E-state index >= 15 is 0 Å². The third-order valence-electron chi connectivity index (χ3n) is 4.03. The number of ether oxygens (including phenoxy) is 2. The number of fused-ring (bicyclic) bond motifs is 1. The van der Waals surface area contributed by atoms with E-state index in [1.807, 2.05) is 36.4 Å². The lowest BCUT2D eigenvalue weighted by Gasteiger charge is -2.18. The molecule has 2 rings (SSSR count). The molecule has 0 spiro atoms. The van der Waals surface area contributed by atoms with E-state index in [9.17, 15) is 9.59 Å². The molecule has 134 valence electrons. The fraction of sp³-hybridized carbons (Fsp3) is 0.368. The average Bonchev–Trinajstić information content (AvgIpc) is 2.64. The molecule has 1 amide bonds. The Balaban J connectivity index is 2.15. The van der Waals surface area contributed by atoms with Crippen LogP contribution < -0.4 is 10.1 Å². The maximum absolute atomic E-state index is 12.5. The number of benzene rings is 2. The van der Waals surface area contributed by atoms with Gasteiger partial charge in [0.25, 0.3) is 0 Å². The van der Waals surface area contributed by atoms with E-state index in [-0.39, 0.29) is 18.3 Å². The minimum absolute atomic E-state index is 0.189. The van der Waals surface area contributed by atoms with Crippen molar-refractivity contribution in [2.24, 2.45) is 0 Å². The lowest BCUT2D eigenvalue weighted by atomic mass is 9.96. The van der Waals surface area contributed by atoms with Crippen LogP contribution in [0.2, 0.25) is 0 Å². The van der Waals surface area contributed by atoms with Crippen LogP contribution in [-0.2, 0) is 14.3 Å². The van der Waals surface area contributed by atoms with Crippen LogP contribution >= 0.6 is 12.6 Å². The van der Waals surface area contributed by atoms with Gasteiger partial charge >= 0.3 is 5.97 Å². The standard InChI is InChI=1S/C19H23NO4S/c1-4-24-19(22)17(11-25)20-18(21)12(2)13-5-6-15-10-16(23-3)8-7-14(15)9-13/h5-10,12,17,25H,4,11H2,1-3H3,(H,20,21)/t12-,17-/m0/s1. The molecule has 2 atom stereocenters. The van der Waals surface area contributed by atoms with Crippen molar-refractivity contribution < 1.29 is 19.1 Å². The second kappa shape index (κ2) is 8.76. The van der Waals surface area contributed by atoms with E-state index in [1.54, 1.807) is 21.0 Å². The zero-order valence-electron chi connectivity index (χ0n) is 14.6. The number of hydrogen-bond acceptors (Lipinski definition) is 5. The van der Waals surface area contributed by atoms with Crippen molar-refractivity contribution in [3.05, 3.63) is 42.0 Å². The van der Waals surface area contributed by atoms with Gasteiger partial charge in [0, 0.05) is 5.75 Å². The van der Waals surface area contributed by atoms with Gasteiger partial charge in [-0.1, -0.05) is 24.3 Å². The normalized spacial score (nSPS) is 13.1. The largest absolute Gasteiger partial charge is 0.497 e. The fourth-order valence-electron chi connectivity index (χ4n) is 2.51. The van der Waals surface area contributed by atoms with E-state index in [4.69, 9.17) is 9.47 Å². The molecule has 25 heavy (non-hydrogen) atoms. The molecule has 1 N–H and O–H groups in total. The number of amides is 1. The first-order valence-corrected chi connectivity index (χ1v) is 8.79. The van der Waals surface area contributed by atoms with Crippen LogP contribution in [0.5, 0.6) is 5.75 Å². The molecule has 2 aromatic carbocycles. The number of hydrogen-bond donors (Lipinski definition) is 2. The van der Waals surface area contributed by atoms with Gasteiger partial charge in [-0.05, 0) is 42.3 Å². The molecular weight excluding hydrogens is 338 g/mol. The van der Waals surface area contributed by atoms with Crippen LogP contribution in [0, 0.1) is 0 Å². The zero-order chi connectivity index (χ0) is 18.4. The number of rotatable bonds is 7. The first-order valence-electron chi connectivity index (χ1n) is 8.15. The van der Waals surface area contributed by atoms with Crippen LogP contribution in [0.3, 0.4) is 0 Å². The minimum Gasteiger partial charge on any atom is -0.497 e. The number of esters is 1. The van der Waals surface area contributed by atoms with Gasteiger partial charge in [0.15, 0.2) is 0 Å². The summed E-state index contributed by atoms with van der Waals surface area (Å²) in [5.74, 6) is -0.126. The molecule has 6 heteroatoms. The zero-order valence-corrected chi connectivity index (χ0v) is 15.5. The van der Waals surface area contributed by atoms with Crippen molar-refractivity contribution in [2.45, 2.75) is 25.8 Å². The van der Waals surface area contributed by atoms with E-state index in [1.165, 1.54) is 0 Å². The van der Waals surface area contributed by atoms with Crippen molar-refractivity contribution in [2.75, 3.05) is 19.5 Å². The Labute approximate surface area is 153 Å². The predicted molar refractivity (Wildman–Crippen MR) is 101 cm³/mol. The molecule has 0 radical (unpaired) electrons. The van der Waals surface area contributed by atoms with Crippen LogP contribution in [0.25, 0.3) is 10.8 Å². The minimum atomic E-state index is -0.747. The highest BCUT2D eigenvalue weighted by Gasteiger charge is 2.24. The van der Waals surface area contributed by atoms with E-state index in [0.29, 0.717) is 0 Å². The molecule has 0 heterocycles. The summed E-state index contributed by atoms with van der Waals surface area (Å²) in [6, 6.07) is 10.9. The molecule has 0 fully saturated rings. The molecule has 2 aromatic rings. The second-order valence-electron chi connectivity index (χ2n) is 5.69. The van der Waals surface area contributed by atoms with Crippen molar-refractivity contribution in [3.8, 4) is 5.75 Å². The lowest BCUT2D eigenvalue weighted by Crippen LogP contribution is -2.44. The van der Waals surface area contributed by atoms with Gasteiger partial charge in [0.1, 0.15) is 11.8 Å². The Morgan fingerprint density at radius 1 is 1.16 bits per heavy atom. The highest BCUT2D eigenvalue weighted by Crippen LogP contribution is 2.25. The van der Waals surface area contributed by atoms with Crippen LogP contribution in [0.4, 0.5) is 0 Å². The number of carbonyl (C=O) groups is 2. The smallest absolute Gasteiger partial charge is 0.329 e. The summed E-state index contributed by atoms with van der Waals surface area (Å²) < 4.78 is 10.2. The Hall–Kier alpha value is -2.21. The second-order valence-corrected chi connectivity index (χ2v) is 6.06. The van der Waals surface area contributed by atoms with Crippen molar-refractivity contribution in [1.29, 1.82) is 0 Å². The first-order chi connectivity index (χ1) is 12.0. The van der Waals surface area contributed by atoms with Gasteiger partial charge in [-0.15, -0.1) is 0 Å². The highest BCUT2D eigenvalue weighted by molar-refractivity contribution is 7.80. The molecule has 0 saturated carbocycles. The number of carbonyl (C=O) groups excluding carboxylic acids is 2. The molecule has 0 aliphatic carbocycles. The average molecular weight is 361 g/mol. The third kappa shape index (κ3) is 4.66. The number of nitrogens with one attached hydrogen (secondary N) is 1. The van der Waals surface area contributed by atoms with Gasteiger partial charge < -0.3 is 14.8 Å². The van der Waals surface area contributed by atoms with E-state index in [2.05, 4.69) is 17.9 Å². The summed E-state index contributed by atoms with van der Waals surface area (Å²) >= 11 is 4.12. The van der Waals surface area contributed by atoms with Gasteiger partial charge in [0.05, 0.1) is 19.6 Å². The lowest BCUT2D eigenvalue weighted by molar-refractivity contribution is -0.146. The van der Waals surface area contributed by atoms with Gasteiger partial charge in [0.2, 0.25) is 5.91 Å². The summed E-state index contributed by atoms with van der Waals surface area (Å²) in [6.45, 7) is 3.80. The third-order valence-corrected chi connectivity index (χ3v) is 4.40. The van der Waals surface area contributed by atoms with Crippen molar-refractivity contribution >= 4 is 35.3 Å².